The molecule has 3 aromatic rings. The number of nitrogens with zero attached hydrogens (tertiary/aromatic N) is 3. The van der Waals surface area contributed by atoms with Crippen LogP contribution in [0.15, 0.2) is 52.3 Å². The molecule has 1 amide bonds. The van der Waals surface area contributed by atoms with E-state index in [0.29, 0.717) is 42.9 Å². The van der Waals surface area contributed by atoms with Crippen molar-refractivity contribution in [1.82, 2.24) is 9.29 Å². The summed E-state index contributed by atoms with van der Waals surface area (Å²) < 4.78 is 34.6. The first-order valence-corrected chi connectivity index (χ1v) is 15.8. The summed E-state index contributed by atoms with van der Waals surface area (Å²) in [5.41, 5.74) is 1.29. The molecule has 3 heterocycles. The molecule has 2 saturated heterocycles. The molecule has 192 valence electrons. The smallest absolute Gasteiger partial charge is 0.260 e. The molecule has 7 nitrogen and oxygen atoms in total. The highest BCUT2D eigenvalue weighted by molar-refractivity contribution is 7.98. The van der Waals surface area contributed by atoms with Gasteiger partial charge in [-0.2, -0.15) is 4.31 Å². The standard InChI is InChI=1S/C26H31N3O4S3/c1-18-11-13-28(14-12-18)36(31,32)22-8-5-19(6-9-22)25(30)29(17-20-4-3-15-33-20)26-27-23-10-7-21(34-2)16-24(23)35-26/h5-10,16,18,20H,3-4,11-15,17H2,1-2H3. The van der Waals surface area contributed by atoms with Gasteiger partial charge in [0.15, 0.2) is 5.13 Å². The van der Waals surface area contributed by atoms with Crippen LogP contribution in [0.4, 0.5) is 5.13 Å². The number of benzene rings is 2. The summed E-state index contributed by atoms with van der Waals surface area (Å²) in [6, 6.07) is 12.4. The van der Waals surface area contributed by atoms with E-state index in [9.17, 15) is 13.2 Å². The van der Waals surface area contributed by atoms with Crippen molar-refractivity contribution in [3.05, 3.63) is 48.0 Å². The molecule has 0 saturated carbocycles. The second kappa shape index (κ2) is 10.8. The van der Waals surface area contributed by atoms with Crippen molar-refractivity contribution in [1.29, 1.82) is 0 Å². The van der Waals surface area contributed by atoms with E-state index in [1.807, 2.05) is 18.4 Å². The average Bonchev–Trinajstić information content (AvgIpc) is 3.56. The fraction of sp³-hybridized carbons (Fsp3) is 0.462. The van der Waals surface area contributed by atoms with E-state index in [-0.39, 0.29) is 16.9 Å². The second-order valence-electron chi connectivity index (χ2n) is 9.49. The van der Waals surface area contributed by atoms with Gasteiger partial charge in [-0.1, -0.05) is 18.3 Å². The molecule has 2 aliphatic heterocycles. The largest absolute Gasteiger partial charge is 0.376 e. The monoisotopic (exact) mass is 545 g/mol. The molecule has 0 N–H and O–H groups in total. The Kier molecular flexibility index (Phi) is 7.69. The van der Waals surface area contributed by atoms with Crippen molar-refractivity contribution in [2.75, 3.05) is 37.4 Å². The van der Waals surface area contributed by atoms with Gasteiger partial charge < -0.3 is 4.74 Å². The van der Waals surface area contributed by atoms with Crippen molar-refractivity contribution in [2.45, 2.75) is 48.5 Å². The third-order valence-corrected chi connectivity index (χ3v) is 10.6. The molecule has 2 aliphatic rings. The quantitative estimate of drug-likeness (QED) is 0.377. The zero-order chi connectivity index (χ0) is 25.3. The first-order chi connectivity index (χ1) is 17.3. The van der Waals surface area contributed by atoms with Gasteiger partial charge in [0.05, 0.1) is 27.8 Å². The van der Waals surface area contributed by atoms with E-state index in [4.69, 9.17) is 9.72 Å². The minimum absolute atomic E-state index is 0.0381. The molecular weight excluding hydrogens is 515 g/mol. The van der Waals surface area contributed by atoms with Gasteiger partial charge in [0.1, 0.15) is 0 Å². The second-order valence-corrected chi connectivity index (χ2v) is 13.3. The predicted octanol–water partition coefficient (Wildman–Crippen LogP) is 5.26. The van der Waals surface area contributed by atoms with E-state index >= 15 is 0 Å². The number of hydrogen-bond donors (Lipinski definition) is 0. The molecule has 36 heavy (non-hydrogen) atoms. The SMILES string of the molecule is CSc1ccc2nc(N(CC3CCCO3)C(=O)c3ccc(S(=O)(=O)N4CCC(C)CC4)cc3)sc2c1. The molecule has 5 rings (SSSR count). The average molecular weight is 546 g/mol. The third kappa shape index (κ3) is 5.33. The fourth-order valence-corrected chi connectivity index (χ4v) is 7.67. The van der Waals surface area contributed by atoms with Crippen LogP contribution in [0.1, 0.15) is 43.0 Å². The lowest BCUT2D eigenvalue weighted by Gasteiger charge is -2.29. The predicted molar refractivity (Wildman–Crippen MR) is 146 cm³/mol. The summed E-state index contributed by atoms with van der Waals surface area (Å²) in [7, 11) is -3.57. The number of ether oxygens (including phenoxy) is 1. The zero-order valence-corrected chi connectivity index (χ0v) is 23.0. The molecule has 1 atom stereocenters. The summed E-state index contributed by atoms with van der Waals surface area (Å²) in [4.78, 5) is 21.5. The zero-order valence-electron chi connectivity index (χ0n) is 20.6. The number of fused-ring (bicyclic) bond motifs is 1. The molecule has 1 unspecified atom stereocenters. The van der Waals surface area contributed by atoms with E-state index < -0.39 is 10.0 Å². The summed E-state index contributed by atoms with van der Waals surface area (Å²) in [5.74, 6) is 0.339. The number of amides is 1. The Bertz CT molecular complexity index is 1330. The lowest BCUT2D eigenvalue weighted by Crippen LogP contribution is -2.38. The number of anilines is 1. The normalized spacial score (nSPS) is 19.7. The van der Waals surface area contributed by atoms with Gasteiger partial charge in [-0.15, -0.1) is 11.8 Å². The van der Waals surface area contributed by atoms with Crippen molar-refractivity contribution >= 4 is 54.4 Å². The Morgan fingerprint density at radius 2 is 1.92 bits per heavy atom. The van der Waals surface area contributed by atoms with Gasteiger partial charge in [0.25, 0.3) is 5.91 Å². The lowest BCUT2D eigenvalue weighted by molar-refractivity contribution is 0.0917. The molecule has 0 spiro atoms. The fourth-order valence-electron chi connectivity index (χ4n) is 4.67. The van der Waals surface area contributed by atoms with Gasteiger partial charge >= 0.3 is 0 Å². The van der Waals surface area contributed by atoms with Crippen molar-refractivity contribution in [3.8, 4) is 0 Å². The van der Waals surface area contributed by atoms with Crippen molar-refractivity contribution < 1.29 is 17.9 Å². The van der Waals surface area contributed by atoms with E-state index in [1.54, 1.807) is 45.2 Å². The van der Waals surface area contributed by atoms with E-state index in [2.05, 4.69) is 13.0 Å². The van der Waals surface area contributed by atoms with Gasteiger partial charge in [-0.05, 0) is 80.3 Å². The number of aromatic nitrogens is 1. The topological polar surface area (TPSA) is 79.8 Å². The van der Waals surface area contributed by atoms with Crippen LogP contribution < -0.4 is 4.90 Å². The number of sulfonamides is 1. The Balaban J connectivity index is 1.41. The molecule has 2 aromatic carbocycles. The highest BCUT2D eigenvalue weighted by Gasteiger charge is 2.30. The third-order valence-electron chi connectivity index (χ3n) is 6.95. The highest BCUT2D eigenvalue weighted by Crippen LogP contribution is 2.33. The summed E-state index contributed by atoms with van der Waals surface area (Å²) in [6.45, 7) is 4.34. The maximum atomic E-state index is 13.7. The lowest BCUT2D eigenvalue weighted by atomic mass is 10.0. The minimum atomic E-state index is -3.57. The number of thiazole rings is 1. The van der Waals surface area contributed by atoms with Crippen LogP contribution in [0, 0.1) is 5.92 Å². The van der Waals surface area contributed by atoms with Gasteiger partial charge in [0, 0.05) is 30.2 Å². The van der Waals surface area contributed by atoms with Crippen LogP contribution in [0.2, 0.25) is 0 Å². The summed E-state index contributed by atoms with van der Waals surface area (Å²) in [6.07, 6.45) is 5.61. The molecule has 10 heteroatoms. The minimum Gasteiger partial charge on any atom is -0.376 e. The van der Waals surface area contributed by atoms with E-state index in [0.717, 1.165) is 40.8 Å². The number of carbonyl (C=O) groups is 1. The Morgan fingerprint density at radius 1 is 1.17 bits per heavy atom. The number of hydrogen-bond acceptors (Lipinski definition) is 7. The number of thioether (sulfide) groups is 1. The van der Waals surface area contributed by atoms with Gasteiger partial charge in [0.2, 0.25) is 10.0 Å². The van der Waals surface area contributed by atoms with Gasteiger partial charge in [-0.25, -0.2) is 13.4 Å². The van der Waals surface area contributed by atoms with Gasteiger partial charge in [-0.3, -0.25) is 9.69 Å². The molecule has 1 aromatic heterocycles. The van der Waals surface area contributed by atoms with Crippen LogP contribution in [0.3, 0.4) is 0 Å². The maximum Gasteiger partial charge on any atom is 0.260 e. The Labute approximate surface area is 220 Å². The molecule has 0 radical (unpaired) electrons. The highest BCUT2D eigenvalue weighted by atomic mass is 32.2. The van der Waals surface area contributed by atoms with Crippen LogP contribution in [-0.4, -0.2) is 62.2 Å². The number of piperidine rings is 1. The number of carbonyl (C=O) groups excluding carboxylic acids is 1. The number of rotatable bonds is 7. The first-order valence-electron chi connectivity index (χ1n) is 12.3. The van der Waals surface area contributed by atoms with E-state index in [1.165, 1.54) is 11.3 Å². The van der Waals surface area contributed by atoms with Crippen LogP contribution >= 0.6 is 23.1 Å². The Morgan fingerprint density at radius 3 is 2.58 bits per heavy atom. The molecule has 0 bridgehead atoms. The molecular formula is C26H31N3O4S3. The van der Waals surface area contributed by atoms with Crippen LogP contribution in [0.5, 0.6) is 0 Å². The van der Waals surface area contributed by atoms with Crippen molar-refractivity contribution in [2.24, 2.45) is 5.92 Å². The Hall–Kier alpha value is -1.98. The van der Waals surface area contributed by atoms with Crippen LogP contribution in [0.25, 0.3) is 10.2 Å². The maximum absolute atomic E-state index is 13.7. The van der Waals surface area contributed by atoms with Crippen LogP contribution in [-0.2, 0) is 14.8 Å². The molecule has 0 aliphatic carbocycles. The van der Waals surface area contributed by atoms with Crippen molar-refractivity contribution in [3.63, 3.8) is 0 Å². The summed E-state index contributed by atoms with van der Waals surface area (Å²) >= 11 is 3.16. The molecule has 2 fully saturated rings. The first kappa shape index (κ1) is 25.7. The summed E-state index contributed by atoms with van der Waals surface area (Å²) in [5, 5.41) is 0.628.